The quantitative estimate of drug-likeness (QED) is 0.325. The predicted octanol–water partition coefficient (Wildman–Crippen LogP) is 5.05. The maximum Gasteiger partial charge on any atom is 0.416 e. The molecule has 0 aromatic heterocycles. The number of nitrogens with zero attached hydrogens (tertiary/aromatic N) is 3. The maximum atomic E-state index is 14.3. The summed E-state index contributed by atoms with van der Waals surface area (Å²) in [5.74, 6) is -1.92. The van der Waals surface area contributed by atoms with Crippen LogP contribution in [0.5, 0.6) is 5.75 Å². The molecule has 0 bridgehead atoms. The lowest BCUT2D eigenvalue weighted by molar-refractivity contribution is -0.137. The standard InChI is InChI=1S/C28H25F6N3O5S/c29-21-12-19(13-22(16-21)42-27(30)31)18-4-5-24-25(14-18)37(17-36(26(24)38)7-6-35-8-10-41-11-9-35)43(39,40)23-3-1-2-20(15-23)28(32,33)34/h1-5,12-16,27H,6-11,17H2. The van der Waals surface area contributed by atoms with E-state index in [9.17, 15) is 39.6 Å². The second-order valence-electron chi connectivity index (χ2n) is 9.83. The minimum atomic E-state index is -4.81. The average Bonchev–Trinajstić information content (AvgIpc) is 2.96. The average molecular weight is 630 g/mol. The first kappa shape index (κ1) is 30.6. The Kier molecular flexibility index (Phi) is 8.58. The van der Waals surface area contributed by atoms with E-state index < -0.39 is 57.4 Å². The summed E-state index contributed by atoms with van der Waals surface area (Å²) in [5.41, 5.74) is -1.21. The lowest BCUT2D eigenvalue weighted by atomic mass is 10.0. The van der Waals surface area contributed by atoms with Crippen LogP contribution in [-0.2, 0) is 20.9 Å². The number of alkyl halides is 5. The lowest BCUT2D eigenvalue weighted by Gasteiger charge is -2.38. The zero-order valence-electron chi connectivity index (χ0n) is 22.4. The zero-order valence-corrected chi connectivity index (χ0v) is 23.2. The van der Waals surface area contributed by atoms with Crippen molar-refractivity contribution in [2.75, 3.05) is 50.4 Å². The van der Waals surface area contributed by atoms with Crippen molar-refractivity contribution in [1.82, 2.24) is 9.80 Å². The van der Waals surface area contributed by atoms with Crippen LogP contribution in [0, 0.1) is 5.82 Å². The third kappa shape index (κ3) is 6.73. The van der Waals surface area contributed by atoms with E-state index in [2.05, 4.69) is 4.74 Å². The minimum Gasteiger partial charge on any atom is -0.435 e. The molecule has 3 aromatic carbocycles. The molecule has 0 spiro atoms. The van der Waals surface area contributed by atoms with Gasteiger partial charge in [0.2, 0.25) is 0 Å². The fraction of sp³-hybridized carbons (Fsp3) is 0.321. The molecule has 0 radical (unpaired) electrons. The highest BCUT2D eigenvalue weighted by Crippen LogP contribution is 2.38. The Morgan fingerprint density at radius 3 is 2.37 bits per heavy atom. The molecule has 0 unspecified atom stereocenters. The molecule has 2 heterocycles. The van der Waals surface area contributed by atoms with Crippen molar-refractivity contribution < 1.29 is 49.0 Å². The van der Waals surface area contributed by atoms with Crippen molar-refractivity contribution in [3.8, 4) is 16.9 Å². The van der Waals surface area contributed by atoms with Gasteiger partial charge in [-0.05, 0) is 53.6 Å². The van der Waals surface area contributed by atoms with Gasteiger partial charge in [-0.25, -0.2) is 17.1 Å². The van der Waals surface area contributed by atoms with Gasteiger partial charge in [-0.2, -0.15) is 22.0 Å². The molecule has 2 aliphatic rings. The Morgan fingerprint density at radius 1 is 0.930 bits per heavy atom. The summed E-state index contributed by atoms with van der Waals surface area (Å²) in [4.78, 5) is 16.2. The van der Waals surface area contributed by atoms with Crippen LogP contribution < -0.4 is 9.04 Å². The maximum absolute atomic E-state index is 14.3. The van der Waals surface area contributed by atoms with Gasteiger partial charge >= 0.3 is 12.8 Å². The SMILES string of the molecule is O=C1c2ccc(-c3cc(F)cc(OC(F)F)c3)cc2N(S(=O)(=O)c2cccc(C(F)(F)F)c2)CN1CCN1CCOCC1. The molecule has 43 heavy (non-hydrogen) atoms. The molecule has 230 valence electrons. The Bertz CT molecular complexity index is 1610. The van der Waals surface area contributed by atoms with E-state index in [1.54, 1.807) is 0 Å². The summed E-state index contributed by atoms with van der Waals surface area (Å²) in [5, 5.41) is 0. The third-order valence-corrected chi connectivity index (χ3v) is 8.79. The van der Waals surface area contributed by atoms with Gasteiger partial charge in [0.15, 0.2) is 0 Å². The van der Waals surface area contributed by atoms with E-state index in [1.165, 1.54) is 23.1 Å². The summed E-state index contributed by atoms with van der Waals surface area (Å²) in [7, 11) is -4.68. The summed E-state index contributed by atoms with van der Waals surface area (Å²) in [6.45, 7) is -1.01. The number of carbonyl (C=O) groups excluding carboxylic acids is 1. The molecule has 5 rings (SSSR count). The molecule has 0 N–H and O–H groups in total. The highest BCUT2D eigenvalue weighted by molar-refractivity contribution is 7.92. The number of amides is 1. The van der Waals surface area contributed by atoms with E-state index in [-0.39, 0.29) is 28.9 Å². The predicted molar refractivity (Wildman–Crippen MR) is 143 cm³/mol. The highest BCUT2D eigenvalue weighted by Gasteiger charge is 2.38. The molecule has 0 saturated carbocycles. The number of rotatable bonds is 8. The van der Waals surface area contributed by atoms with Crippen molar-refractivity contribution in [2.24, 2.45) is 0 Å². The number of hydrogen-bond acceptors (Lipinski definition) is 6. The number of anilines is 1. The van der Waals surface area contributed by atoms with Crippen LogP contribution in [-0.4, -0.2) is 76.8 Å². The van der Waals surface area contributed by atoms with Gasteiger partial charge in [-0.15, -0.1) is 0 Å². The van der Waals surface area contributed by atoms with Crippen LogP contribution in [0.3, 0.4) is 0 Å². The van der Waals surface area contributed by atoms with Gasteiger partial charge in [0.05, 0.1) is 34.9 Å². The second kappa shape index (κ2) is 12.1. The monoisotopic (exact) mass is 629 g/mol. The highest BCUT2D eigenvalue weighted by atomic mass is 32.2. The van der Waals surface area contributed by atoms with Gasteiger partial charge in [0.1, 0.15) is 18.2 Å². The van der Waals surface area contributed by atoms with E-state index >= 15 is 0 Å². The Labute approximate surface area is 243 Å². The van der Waals surface area contributed by atoms with E-state index in [0.717, 1.165) is 40.7 Å². The fourth-order valence-electron chi connectivity index (χ4n) is 4.89. The summed E-state index contributed by atoms with van der Waals surface area (Å²) in [6.07, 6.45) is -4.81. The van der Waals surface area contributed by atoms with Gasteiger partial charge in [0, 0.05) is 32.2 Å². The number of morpholine rings is 1. The topological polar surface area (TPSA) is 79.4 Å². The number of ether oxygens (including phenoxy) is 2. The van der Waals surface area contributed by atoms with Crippen LogP contribution in [0.2, 0.25) is 0 Å². The molecule has 0 atom stereocenters. The van der Waals surface area contributed by atoms with Crippen LogP contribution in [0.15, 0.2) is 65.6 Å². The van der Waals surface area contributed by atoms with Crippen LogP contribution in [0.4, 0.5) is 32.0 Å². The third-order valence-electron chi connectivity index (χ3n) is 7.05. The Hall–Kier alpha value is -3.82. The molecule has 15 heteroatoms. The van der Waals surface area contributed by atoms with Crippen molar-refractivity contribution in [3.63, 3.8) is 0 Å². The fourth-order valence-corrected chi connectivity index (χ4v) is 6.37. The van der Waals surface area contributed by atoms with E-state index in [4.69, 9.17) is 4.74 Å². The number of hydrogen-bond donors (Lipinski definition) is 0. The van der Waals surface area contributed by atoms with Crippen molar-refractivity contribution in [1.29, 1.82) is 0 Å². The van der Waals surface area contributed by atoms with Crippen LogP contribution in [0.1, 0.15) is 15.9 Å². The van der Waals surface area contributed by atoms with Gasteiger partial charge < -0.3 is 14.4 Å². The van der Waals surface area contributed by atoms with Gasteiger partial charge in [-0.3, -0.25) is 9.69 Å². The van der Waals surface area contributed by atoms with Crippen LogP contribution in [0.25, 0.3) is 11.1 Å². The largest absolute Gasteiger partial charge is 0.435 e. The number of halogens is 6. The normalized spacial score (nSPS) is 16.5. The van der Waals surface area contributed by atoms with Crippen LogP contribution >= 0.6 is 0 Å². The molecule has 1 fully saturated rings. The number of fused-ring (bicyclic) bond motifs is 1. The van der Waals surface area contributed by atoms with E-state index in [1.807, 2.05) is 4.90 Å². The molecular weight excluding hydrogens is 604 g/mol. The van der Waals surface area contributed by atoms with Gasteiger partial charge in [0.25, 0.3) is 15.9 Å². The molecule has 3 aromatic rings. The van der Waals surface area contributed by atoms with Crippen molar-refractivity contribution in [2.45, 2.75) is 17.7 Å². The zero-order chi connectivity index (χ0) is 30.9. The number of sulfonamides is 1. The first-order chi connectivity index (χ1) is 20.3. The molecular formula is C28H25F6N3O5S. The minimum absolute atomic E-state index is 0.0389. The summed E-state index contributed by atoms with van der Waals surface area (Å²) in [6, 6.07) is 10.0. The van der Waals surface area contributed by atoms with Crippen molar-refractivity contribution in [3.05, 3.63) is 77.6 Å². The second-order valence-corrected chi connectivity index (χ2v) is 11.7. The van der Waals surface area contributed by atoms with E-state index in [0.29, 0.717) is 38.9 Å². The Morgan fingerprint density at radius 2 is 1.67 bits per heavy atom. The number of benzene rings is 3. The Balaban J connectivity index is 1.57. The first-order valence-electron chi connectivity index (χ1n) is 13.0. The first-order valence-corrected chi connectivity index (χ1v) is 14.5. The molecule has 8 nitrogen and oxygen atoms in total. The summed E-state index contributed by atoms with van der Waals surface area (Å²) >= 11 is 0. The molecule has 1 saturated heterocycles. The lowest BCUT2D eigenvalue weighted by Crippen LogP contribution is -2.51. The molecule has 2 aliphatic heterocycles. The summed E-state index contributed by atoms with van der Waals surface area (Å²) < 4.78 is 118. The smallest absolute Gasteiger partial charge is 0.416 e. The molecule has 0 aliphatic carbocycles. The molecule has 1 amide bonds. The van der Waals surface area contributed by atoms with Crippen molar-refractivity contribution >= 4 is 21.6 Å². The van der Waals surface area contributed by atoms with Gasteiger partial charge in [-0.1, -0.05) is 12.1 Å². The number of carbonyl (C=O) groups is 1.